The molecular weight excluding hydrogens is 265 g/mol. The highest BCUT2D eigenvalue weighted by Gasteiger charge is 2.02. The Labute approximate surface area is 88.0 Å². The molecule has 0 unspecified atom stereocenters. The van der Waals surface area contributed by atoms with Crippen molar-refractivity contribution in [2.45, 2.75) is 0 Å². The van der Waals surface area contributed by atoms with Gasteiger partial charge in [0.15, 0.2) is 0 Å². The van der Waals surface area contributed by atoms with Crippen LogP contribution in [0.2, 0.25) is 10.0 Å². The van der Waals surface area contributed by atoms with Gasteiger partial charge in [0, 0.05) is 21.0 Å². The van der Waals surface area contributed by atoms with Gasteiger partial charge < -0.3 is 5.32 Å². The summed E-state index contributed by atoms with van der Waals surface area (Å²) in [5.41, 5.74) is 0.531. The van der Waals surface area contributed by atoms with Gasteiger partial charge in [-0.25, -0.2) is 0 Å². The minimum Gasteiger partial charge on any atom is -0.315 e. The smallest absolute Gasteiger partial charge is 0.291 e. The van der Waals surface area contributed by atoms with Crippen LogP contribution in [0.4, 0.5) is 10.5 Å². The minimum atomic E-state index is -0.341. The van der Waals surface area contributed by atoms with E-state index >= 15 is 0 Å². The summed E-state index contributed by atoms with van der Waals surface area (Å²) in [5, 5.41) is 3.43. The van der Waals surface area contributed by atoms with Crippen molar-refractivity contribution in [3.8, 4) is 0 Å². The first kappa shape index (κ1) is 9.84. The van der Waals surface area contributed by atoms with Crippen molar-refractivity contribution in [1.82, 2.24) is 0 Å². The van der Waals surface area contributed by atoms with E-state index in [1.165, 1.54) is 0 Å². The Kier molecular flexibility index (Phi) is 3.38. The summed E-state index contributed by atoms with van der Waals surface area (Å²) in [5.74, 6) is 0. The number of nitrogens with one attached hydrogen (secondary N) is 1. The van der Waals surface area contributed by atoms with Crippen LogP contribution >= 0.6 is 39.1 Å². The Balaban J connectivity index is 2.93. The third kappa shape index (κ3) is 2.66. The summed E-state index contributed by atoms with van der Waals surface area (Å²) in [4.78, 5) is 10.2. The van der Waals surface area contributed by atoms with Crippen LogP contribution in [0.3, 0.4) is 0 Å². The fraction of sp³-hybridized carbons (Fsp3) is 0. The third-order valence-electron chi connectivity index (χ3n) is 1.16. The van der Waals surface area contributed by atoms with Crippen LogP contribution in [-0.2, 0) is 0 Å². The zero-order valence-electron chi connectivity index (χ0n) is 5.77. The van der Waals surface area contributed by atoms with E-state index < -0.39 is 0 Å². The van der Waals surface area contributed by atoms with Gasteiger partial charge in [-0.1, -0.05) is 23.2 Å². The zero-order chi connectivity index (χ0) is 9.14. The Morgan fingerprint density at radius 1 is 1.42 bits per heavy atom. The van der Waals surface area contributed by atoms with Gasteiger partial charge in [0.25, 0.3) is 4.82 Å². The fourth-order valence-corrected chi connectivity index (χ4v) is 1.37. The molecule has 0 aliphatic heterocycles. The summed E-state index contributed by atoms with van der Waals surface area (Å²) < 4.78 is 0. The van der Waals surface area contributed by atoms with Crippen LogP contribution in [0.25, 0.3) is 0 Å². The molecule has 0 heterocycles. The number of benzene rings is 1. The van der Waals surface area contributed by atoms with Gasteiger partial charge in [0.2, 0.25) is 0 Å². The van der Waals surface area contributed by atoms with Gasteiger partial charge in [0.1, 0.15) is 0 Å². The number of hydrogen-bond donors (Lipinski definition) is 1. The first-order valence-corrected chi connectivity index (χ1v) is 4.56. The molecule has 0 aliphatic carbocycles. The molecule has 0 spiro atoms. The molecule has 0 saturated heterocycles. The number of anilines is 1. The van der Waals surface area contributed by atoms with E-state index in [-0.39, 0.29) is 4.82 Å². The summed E-state index contributed by atoms with van der Waals surface area (Å²) in [6.07, 6.45) is 0. The lowest BCUT2D eigenvalue weighted by molar-refractivity contribution is 0.270. The first-order chi connectivity index (χ1) is 5.59. The molecule has 1 N–H and O–H groups in total. The highest BCUT2D eigenvalue weighted by atomic mass is 79.9. The van der Waals surface area contributed by atoms with Crippen LogP contribution in [0.1, 0.15) is 0 Å². The Morgan fingerprint density at radius 3 is 2.58 bits per heavy atom. The second-order valence-electron chi connectivity index (χ2n) is 2.02. The van der Waals surface area contributed by atoms with Crippen molar-refractivity contribution >= 4 is 49.6 Å². The lowest BCUT2D eigenvalue weighted by Gasteiger charge is -2.02. The average Bonchev–Trinajstić information content (AvgIpc) is 1.94. The summed E-state index contributed by atoms with van der Waals surface area (Å²) >= 11 is 14.1. The van der Waals surface area contributed by atoms with E-state index in [0.29, 0.717) is 15.7 Å². The van der Waals surface area contributed by atoms with Crippen molar-refractivity contribution < 1.29 is 4.79 Å². The monoisotopic (exact) mass is 267 g/mol. The quantitative estimate of drug-likeness (QED) is 0.607. The van der Waals surface area contributed by atoms with E-state index in [0.717, 1.165) is 0 Å². The van der Waals surface area contributed by atoms with E-state index in [1.807, 2.05) is 0 Å². The van der Waals surface area contributed by atoms with Crippen molar-refractivity contribution in [2.75, 3.05) is 5.32 Å². The Bertz CT molecular complexity index is 316. The van der Waals surface area contributed by atoms with E-state index in [1.54, 1.807) is 18.2 Å². The second kappa shape index (κ2) is 4.12. The van der Waals surface area contributed by atoms with Gasteiger partial charge in [-0.15, -0.1) is 0 Å². The lowest BCUT2D eigenvalue weighted by atomic mass is 10.3. The number of halogens is 3. The molecule has 0 radical (unpaired) electrons. The molecule has 1 aromatic carbocycles. The number of carbonyl (C=O) groups is 1. The predicted molar refractivity (Wildman–Crippen MR) is 54.4 cm³/mol. The largest absolute Gasteiger partial charge is 0.315 e. The molecule has 64 valence electrons. The molecular formula is C7H4BrCl2NO. The first-order valence-electron chi connectivity index (χ1n) is 3.01. The molecule has 2 nitrogen and oxygen atoms in total. The van der Waals surface area contributed by atoms with Crippen molar-refractivity contribution in [2.24, 2.45) is 0 Å². The van der Waals surface area contributed by atoms with Crippen LogP contribution in [-0.4, -0.2) is 4.82 Å². The molecule has 12 heavy (non-hydrogen) atoms. The number of rotatable bonds is 1. The second-order valence-corrected chi connectivity index (χ2v) is 3.59. The van der Waals surface area contributed by atoms with Crippen LogP contribution in [0.15, 0.2) is 18.2 Å². The highest BCUT2D eigenvalue weighted by molar-refractivity contribution is 9.18. The molecule has 0 fully saturated rings. The van der Waals surface area contributed by atoms with Crippen molar-refractivity contribution in [3.63, 3.8) is 0 Å². The van der Waals surface area contributed by atoms with Gasteiger partial charge >= 0.3 is 0 Å². The minimum absolute atomic E-state index is 0.341. The molecule has 1 amide bonds. The number of amides is 1. The standard InChI is InChI=1S/C7H4BrCl2NO/c8-7(12)11-6-2-1-4(9)3-5(6)10/h1-3H,(H,11,12). The average molecular weight is 269 g/mol. The predicted octanol–water partition coefficient (Wildman–Crippen LogP) is 3.92. The van der Waals surface area contributed by atoms with E-state index in [2.05, 4.69) is 21.2 Å². The Hall–Kier alpha value is -0.250. The van der Waals surface area contributed by atoms with Gasteiger partial charge in [-0.3, -0.25) is 4.79 Å². The maximum atomic E-state index is 10.6. The molecule has 1 aromatic rings. The maximum Gasteiger partial charge on any atom is 0.291 e. The van der Waals surface area contributed by atoms with Gasteiger partial charge in [-0.05, 0) is 18.2 Å². The van der Waals surface area contributed by atoms with Gasteiger partial charge in [0.05, 0.1) is 10.7 Å². The molecule has 1 rings (SSSR count). The molecule has 5 heteroatoms. The number of carbonyl (C=O) groups excluding carboxylic acids is 1. The molecule has 0 aromatic heterocycles. The summed E-state index contributed by atoms with van der Waals surface area (Å²) in [7, 11) is 0. The highest BCUT2D eigenvalue weighted by Crippen LogP contribution is 2.25. The summed E-state index contributed by atoms with van der Waals surface area (Å²) in [6, 6.07) is 4.83. The normalized spacial score (nSPS) is 9.58. The van der Waals surface area contributed by atoms with Gasteiger partial charge in [-0.2, -0.15) is 0 Å². The molecule has 0 aliphatic rings. The van der Waals surface area contributed by atoms with Crippen LogP contribution in [0, 0.1) is 0 Å². The topological polar surface area (TPSA) is 29.1 Å². The molecule has 0 saturated carbocycles. The maximum absolute atomic E-state index is 10.6. The van der Waals surface area contributed by atoms with E-state index in [4.69, 9.17) is 23.2 Å². The van der Waals surface area contributed by atoms with Crippen molar-refractivity contribution in [1.29, 1.82) is 0 Å². The molecule has 0 atom stereocenters. The lowest BCUT2D eigenvalue weighted by Crippen LogP contribution is -2.00. The third-order valence-corrected chi connectivity index (χ3v) is 1.91. The summed E-state index contributed by atoms with van der Waals surface area (Å²) in [6.45, 7) is 0. The van der Waals surface area contributed by atoms with E-state index in [9.17, 15) is 4.79 Å². The fourth-order valence-electron chi connectivity index (χ4n) is 0.697. The van der Waals surface area contributed by atoms with Crippen molar-refractivity contribution in [3.05, 3.63) is 28.2 Å². The number of hydrogen-bond acceptors (Lipinski definition) is 1. The molecule has 0 bridgehead atoms. The van der Waals surface area contributed by atoms with Crippen LogP contribution in [0.5, 0.6) is 0 Å². The SMILES string of the molecule is O=C(Br)Nc1ccc(Cl)cc1Cl. The zero-order valence-corrected chi connectivity index (χ0v) is 8.87. The van der Waals surface area contributed by atoms with Crippen LogP contribution < -0.4 is 5.32 Å². The Morgan fingerprint density at radius 2 is 2.08 bits per heavy atom.